The Labute approximate surface area is 162 Å². The van der Waals surface area contributed by atoms with Gasteiger partial charge in [0.15, 0.2) is 6.10 Å². The molecule has 2 heterocycles. The molecule has 1 atom stereocenters. The number of aromatic nitrogens is 2. The van der Waals surface area contributed by atoms with Gasteiger partial charge in [-0.1, -0.05) is 29.8 Å². The molecule has 0 fully saturated rings. The molecular weight excluding hydrogens is 364 g/mol. The summed E-state index contributed by atoms with van der Waals surface area (Å²) < 4.78 is 7.33. The molecule has 0 spiro atoms. The first kappa shape index (κ1) is 18.9. The maximum absolute atomic E-state index is 12.9. The largest absolute Gasteiger partial charge is 0.451 e. The van der Waals surface area contributed by atoms with Crippen molar-refractivity contribution < 1.29 is 14.3 Å². The van der Waals surface area contributed by atoms with Crippen LogP contribution in [0.5, 0.6) is 0 Å². The van der Waals surface area contributed by atoms with Crippen molar-refractivity contribution in [2.45, 2.75) is 26.9 Å². The van der Waals surface area contributed by atoms with Gasteiger partial charge in [0.2, 0.25) is 5.78 Å². The van der Waals surface area contributed by atoms with Crippen LogP contribution in [-0.4, -0.2) is 27.4 Å². The molecule has 0 saturated carbocycles. The number of ether oxygens (including phenoxy) is 1. The predicted octanol–water partition coefficient (Wildman–Crippen LogP) is 4.57. The number of hydrogen-bond acceptors (Lipinski definition) is 4. The monoisotopic (exact) mass is 382 g/mol. The van der Waals surface area contributed by atoms with Gasteiger partial charge in [0.05, 0.1) is 5.56 Å². The Bertz CT molecular complexity index is 979. The van der Waals surface area contributed by atoms with Crippen LogP contribution in [0.4, 0.5) is 0 Å². The number of rotatable bonds is 5. The summed E-state index contributed by atoms with van der Waals surface area (Å²) in [4.78, 5) is 28.9. The molecule has 0 radical (unpaired) electrons. The fourth-order valence-electron chi connectivity index (χ4n) is 2.98. The maximum Gasteiger partial charge on any atom is 0.340 e. The molecule has 1 aromatic carbocycles. The van der Waals surface area contributed by atoms with E-state index >= 15 is 0 Å². The van der Waals surface area contributed by atoms with E-state index < -0.39 is 12.1 Å². The van der Waals surface area contributed by atoms with Gasteiger partial charge in [-0.05, 0) is 51.1 Å². The Morgan fingerprint density at radius 1 is 1.11 bits per heavy atom. The zero-order valence-electron chi connectivity index (χ0n) is 15.3. The van der Waals surface area contributed by atoms with Crippen molar-refractivity contribution in [1.82, 2.24) is 9.55 Å². The van der Waals surface area contributed by atoms with Gasteiger partial charge in [-0.15, -0.1) is 0 Å². The predicted molar refractivity (Wildman–Crippen MR) is 104 cm³/mol. The second-order valence-electron chi connectivity index (χ2n) is 6.24. The van der Waals surface area contributed by atoms with E-state index in [0.29, 0.717) is 5.56 Å². The third-order valence-corrected chi connectivity index (χ3v) is 4.55. The molecule has 6 heteroatoms. The zero-order chi connectivity index (χ0) is 19.6. The highest BCUT2D eigenvalue weighted by molar-refractivity contribution is 6.29. The van der Waals surface area contributed by atoms with E-state index in [4.69, 9.17) is 16.3 Å². The van der Waals surface area contributed by atoms with E-state index in [1.807, 2.05) is 54.8 Å². The van der Waals surface area contributed by atoms with E-state index in [9.17, 15) is 9.59 Å². The lowest BCUT2D eigenvalue weighted by molar-refractivity contribution is 0.0318. The summed E-state index contributed by atoms with van der Waals surface area (Å²) >= 11 is 5.72. The van der Waals surface area contributed by atoms with Gasteiger partial charge in [0.25, 0.3) is 0 Å². The van der Waals surface area contributed by atoms with Crippen LogP contribution in [0, 0.1) is 13.8 Å². The zero-order valence-corrected chi connectivity index (χ0v) is 16.0. The molecule has 5 nitrogen and oxygen atoms in total. The molecule has 3 aromatic rings. The summed E-state index contributed by atoms with van der Waals surface area (Å²) in [5.41, 5.74) is 3.49. The first-order chi connectivity index (χ1) is 12.9. The Balaban J connectivity index is 1.81. The minimum Gasteiger partial charge on any atom is -0.451 e. The quantitative estimate of drug-likeness (QED) is 0.368. The van der Waals surface area contributed by atoms with Gasteiger partial charge < -0.3 is 9.30 Å². The molecule has 0 amide bonds. The summed E-state index contributed by atoms with van der Waals surface area (Å²) in [5.74, 6) is -0.863. The highest BCUT2D eigenvalue weighted by atomic mass is 35.5. The lowest BCUT2D eigenvalue weighted by atomic mass is 10.1. The molecule has 0 bridgehead atoms. The summed E-state index contributed by atoms with van der Waals surface area (Å²) in [6.45, 7) is 5.38. The topological polar surface area (TPSA) is 61.2 Å². The van der Waals surface area contributed by atoms with E-state index in [1.165, 1.54) is 18.3 Å². The third kappa shape index (κ3) is 3.93. The van der Waals surface area contributed by atoms with Gasteiger partial charge in [-0.3, -0.25) is 4.79 Å². The fraction of sp³-hybridized carbons (Fsp3) is 0.190. The number of ketones is 1. The van der Waals surface area contributed by atoms with Gasteiger partial charge >= 0.3 is 5.97 Å². The van der Waals surface area contributed by atoms with Crippen LogP contribution in [0.15, 0.2) is 54.7 Å². The van der Waals surface area contributed by atoms with Gasteiger partial charge in [-0.2, -0.15) is 0 Å². The molecule has 3 rings (SSSR count). The summed E-state index contributed by atoms with van der Waals surface area (Å²) in [6, 6.07) is 14.6. The standard InChI is InChI=1S/C21H19ClN2O3/c1-13-11-18(14(2)24(13)17-7-5-4-6-8-17)20(25)15(3)27-21(26)16-9-10-19(22)23-12-16/h4-12,15H,1-3H3/t15-/m0/s1. The molecule has 0 aliphatic carbocycles. The number of esters is 1. The Morgan fingerprint density at radius 2 is 1.81 bits per heavy atom. The van der Waals surface area contributed by atoms with Crippen LogP contribution in [-0.2, 0) is 4.74 Å². The smallest absolute Gasteiger partial charge is 0.340 e. The molecule has 0 aliphatic heterocycles. The average molecular weight is 383 g/mol. The van der Waals surface area contributed by atoms with Crippen molar-refractivity contribution in [3.63, 3.8) is 0 Å². The highest BCUT2D eigenvalue weighted by Crippen LogP contribution is 2.22. The van der Waals surface area contributed by atoms with Gasteiger partial charge in [-0.25, -0.2) is 9.78 Å². The molecule has 0 aliphatic rings. The van der Waals surface area contributed by atoms with Crippen molar-refractivity contribution in [3.05, 3.63) is 82.4 Å². The molecule has 2 aromatic heterocycles. The van der Waals surface area contributed by atoms with Crippen molar-refractivity contribution in [2.75, 3.05) is 0 Å². The molecular formula is C21H19ClN2O3. The van der Waals surface area contributed by atoms with E-state index in [2.05, 4.69) is 4.98 Å². The van der Waals surface area contributed by atoms with Gasteiger partial charge in [0.1, 0.15) is 5.15 Å². The van der Waals surface area contributed by atoms with Crippen molar-refractivity contribution in [3.8, 4) is 5.69 Å². The number of carbonyl (C=O) groups excluding carboxylic acids is 2. The molecule has 27 heavy (non-hydrogen) atoms. The molecule has 138 valence electrons. The average Bonchev–Trinajstić information content (AvgIpc) is 2.96. The number of aryl methyl sites for hydroxylation is 1. The van der Waals surface area contributed by atoms with E-state index in [1.54, 1.807) is 6.92 Å². The molecule has 0 saturated heterocycles. The number of benzene rings is 1. The van der Waals surface area contributed by atoms with Crippen molar-refractivity contribution in [1.29, 1.82) is 0 Å². The minimum absolute atomic E-state index is 0.244. The highest BCUT2D eigenvalue weighted by Gasteiger charge is 2.24. The Hall–Kier alpha value is -2.92. The van der Waals surface area contributed by atoms with Crippen LogP contribution in [0.2, 0.25) is 5.15 Å². The van der Waals surface area contributed by atoms with Crippen LogP contribution in [0.1, 0.15) is 39.0 Å². The van der Waals surface area contributed by atoms with E-state index in [0.717, 1.165) is 17.1 Å². The lowest BCUT2D eigenvalue weighted by Gasteiger charge is -2.13. The number of halogens is 1. The van der Waals surface area contributed by atoms with Crippen molar-refractivity contribution >= 4 is 23.4 Å². The fourth-order valence-corrected chi connectivity index (χ4v) is 3.10. The van der Waals surface area contributed by atoms with Crippen molar-refractivity contribution in [2.24, 2.45) is 0 Å². The third-order valence-electron chi connectivity index (χ3n) is 4.33. The summed E-state index contributed by atoms with van der Waals surface area (Å²) in [5, 5.41) is 0.282. The van der Waals surface area contributed by atoms with Crippen LogP contribution in [0.25, 0.3) is 5.69 Å². The van der Waals surface area contributed by atoms with Gasteiger partial charge in [0, 0.05) is 28.8 Å². The second-order valence-corrected chi connectivity index (χ2v) is 6.62. The summed E-state index contributed by atoms with van der Waals surface area (Å²) in [7, 11) is 0. The molecule has 0 unspecified atom stereocenters. The first-order valence-electron chi connectivity index (χ1n) is 8.49. The normalized spacial score (nSPS) is 11.9. The Morgan fingerprint density at radius 3 is 2.44 bits per heavy atom. The summed E-state index contributed by atoms with van der Waals surface area (Å²) in [6.07, 6.45) is 0.404. The maximum atomic E-state index is 12.9. The number of nitrogens with zero attached hydrogens (tertiary/aromatic N) is 2. The van der Waals surface area contributed by atoms with Crippen LogP contribution in [0.3, 0.4) is 0 Å². The number of Topliss-reactive ketones (excluding diaryl/α,β-unsaturated/α-hetero) is 1. The van der Waals surface area contributed by atoms with Crippen LogP contribution >= 0.6 is 11.6 Å². The SMILES string of the molecule is Cc1cc(C(=O)[C@H](C)OC(=O)c2ccc(Cl)nc2)c(C)n1-c1ccccc1. The van der Waals surface area contributed by atoms with E-state index in [-0.39, 0.29) is 16.5 Å². The first-order valence-corrected chi connectivity index (χ1v) is 8.87. The number of hydrogen-bond donors (Lipinski definition) is 0. The number of para-hydroxylation sites is 1. The molecule has 0 N–H and O–H groups in total. The van der Waals surface area contributed by atoms with Crippen LogP contribution < -0.4 is 0 Å². The number of carbonyl (C=O) groups is 2. The second kappa shape index (κ2) is 7.76. The lowest BCUT2D eigenvalue weighted by Crippen LogP contribution is -2.25. The minimum atomic E-state index is -0.919. The number of pyridine rings is 1. The Kier molecular flexibility index (Phi) is 5.42.